The second-order valence-corrected chi connectivity index (χ2v) is 4.68. The number of fused-ring (bicyclic) bond motifs is 1. The van der Waals surface area contributed by atoms with Crippen molar-refractivity contribution in [1.29, 1.82) is 0 Å². The van der Waals surface area contributed by atoms with E-state index in [4.69, 9.17) is 0 Å². The Labute approximate surface area is 99.2 Å². The second kappa shape index (κ2) is 3.93. The van der Waals surface area contributed by atoms with Crippen LogP contribution < -0.4 is 5.32 Å². The topological polar surface area (TPSA) is 12.0 Å². The Morgan fingerprint density at radius 2 is 2.00 bits per heavy atom. The molecule has 0 spiro atoms. The van der Waals surface area contributed by atoms with Gasteiger partial charge in [0.15, 0.2) is 0 Å². The van der Waals surface area contributed by atoms with E-state index in [1.54, 1.807) is 0 Å². The minimum absolute atomic E-state index is 0.537. The number of alkyl halides is 3. The highest BCUT2D eigenvalue weighted by Gasteiger charge is 2.32. The molecule has 15 heavy (non-hydrogen) atoms. The van der Waals surface area contributed by atoms with Gasteiger partial charge in [-0.25, -0.2) is 0 Å². The average Bonchev–Trinajstić information content (AvgIpc) is 2.16. The van der Waals surface area contributed by atoms with Gasteiger partial charge in [0.25, 0.3) is 0 Å². The second-order valence-electron chi connectivity index (χ2n) is 3.52. The fourth-order valence-electron chi connectivity index (χ4n) is 1.73. The van der Waals surface area contributed by atoms with E-state index in [2.05, 4.69) is 5.32 Å². The molecule has 1 aliphatic heterocycles. The van der Waals surface area contributed by atoms with E-state index in [-0.39, 0.29) is 0 Å². The normalized spacial score (nSPS) is 16.3. The molecule has 0 radical (unpaired) electrons. The van der Waals surface area contributed by atoms with Crippen LogP contribution in [0.5, 0.6) is 0 Å². The van der Waals surface area contributed by atoms with Crippen molar-refractivity contribution in [2.75, 3.05) is 6.54 Å². The van der Waals surface area contributed by atoms with Crippen LogP contribution in [0.25, 0.3) is 0 Å². The van der Waals surface area contributed by atoms with E-state index < -0.39 is 11.7 Å². The van der Waals surface area contributed by atoms with E-state index in [1.165, 1.54) is 12.1 Å². The fraction of sp³-hybridized carbons (Fsp3) is 0.400. The highest BCUT2D eigenvalue weighted by molar-refractivity contribution is 14.1. The summed E-state index contributed by atoms with van der Waals surface area (Å²) in [5, 5.41) is 3.08. The summed E-state index contributed by atoms with van der Waals surface area (Å²) in [6.45, 7) is 1.38. The van der Waals surface area contributed by atoms with Crippen molar-refractivity contribution in [2.24, 2.45) is 0 Å². The molecule has 0 amide bonds. The van der Waals surface area contributed by atoms with E-state index >= 15 is 0 Å². The quantitative estimate of drug-likeness (QED) is 0.723. The molecule has 0 saturated carbocycles. The van der Waals surface area contributed by atoms with Crippen LogP contribution in [0.4, 0.5) is 13.2 Å². The third kappa shape index (κ3) is 2.28. The van der Waals surface area contributed by atoms with Crippen LogP contribution in [-0.2, 0) is 19.1 Å². The monoisotopic (exact) mass is 327 g/mol. The third-order valence-corrected chi connectivity index (χ3v) is 3.44. The molecule has 1 aromatic rings. The summed E-state index contributed by atoms with van der Waals surface area (Å²) in [5.74, 6) is 0. The van der Waals surface area contributed by atoms with Gasteiger partial charge in [-0.2, -0.15) is 13.2 Å². The number of benzene rings is 1. The van der Waals surface area contributed by atoms with Crippen molar-refractivity contribution in [1.82, 2.24) is 5.32 Å². The highest BCUT2D eigenvalue weighted by Crippen LogP contribution is 2.33. The van der Waals surface area contributed by atoms with Gasteiger partial charge in [-0.1, -0.05) is 0 Å². The zero-order chi connectivity index (χ0) is 11.1. The largest absolute Gasteiger partial charge is 0.416 e. The average molecular weight is 327 g/mol. The first-order valence-corrected chi connectivity index (χ1v) is 5.65. The smallest absolute Gasteiger partial charge is 0.312 e. The van der Waals surface area contributed by atoms with E-state index in [0.717, 1.165) is 27.7 Å². The zero-order valence-corrected chi connectivity index (χ0v) is 9.95. The number of rotatable bonds is 0. The van der Waals surface area contributed by atoms with Crippen molar-refractivity contribution >= 4 is 22.6 Å². The Morgan fingerprint density at radius 3 is 2.67 bits per heavy atom. The van der Waals surface area contributed by atoms with Crippen LogP contribution >= 0.6 is 22.6 Å². The lowest BCUT2D eigenvalue weighted by atomic mass is 9.98. The summed E-state index contributed by atoms with van der Waals surface area (Å²) in [4.78, 5) is 0. The first-order chi connectivity index (χ1) is 6.98. The van der Waals surface area contributed by atoms with Crippen molar-refractivity contribution < 1.29 is 13.2 Å². The summed E-state index contributed by atoms with van der Waals surface area (Å²) in [7, 11) is 0. The van der Waals surface area contributed by atoms with Crippen LogP contribution in [-0.4, -0.2) is 6.54 Å². The molecule has 1 aromatic carbocycles. The molecule has 0 atom stereocenters. The van der Waals surface area contributed by atoms with Crippen molar-refractivity contribution in [3.05, 3.63) is 32.4 Å². The molecular formula is C10H9F3IN. The molecular weight excluding hydrogens is 318 g/mol. The maximum absolute atomic E-state index is 12.5. The fourth-order valence-corrected chi connectivity index (χ4v) is 2.68. The molecule has 0 aliphatic carbocycles. The van der Waals surface area contributed by atoms with Crippen molar-refractivity contribution in [2.45, 2.75) is 19.1 Å². The lowest BCUT2D eigenvalue weighted by Gasteiger charge is -2.20. The van der Waals surface area contributed by atoms with Gasteiger partial charge in [-0.15, -0.1) is 0 Å². The predicted molar refractivity (Wildman–Crippen MR) is 59.6 cm³/mol. The van der Waals surface area contributed by atoms with E-state index in [1.807, 2.05) is 22.6 Å². The summed E-state index contributed by atoms with van der Waals surface area (Å²) in [5.41, 5.74) is 1.29. The minimum atomic E-state index is -4.24. The van der Waals surface area contributed by atoms with Crippen LogP contribution in [0.2, 0.25) is 0 Å². The lowest BCUT2D eigenvalue weighted by Crippen LogP contribution is -2.25. The maximum Gasteiger partial charge on any atom is 0.416 e. The predicted octanol–water partition coefficient (Wildman–Crippen LogP) is 2.96. The Hall–Kier alpha value is -0.300. The zero-order valence-electron chi connectivity index (χ0n) is 7.79. The van der Waals surface area contributed by atoms with Gasteiger partial charge >= 0.3 is 6.18 Å². The molecule has 0 aromatic heterocycles. The lowest BCUT2D eigenvalue weighted by molar-refractivity contribution is -0.137. The molecule has 1 nitrogen and oxygen atoms in total. The van der Waals surface area contributed by atoms with Gasteiger partial charge in [0.2, 0.25) is 0 Å². The van der Waals surface area contributed by atoms with Gasteiger partial charge in [-0.3, -0.25) is 0 Å². The number of hydrogen-bond acceptors (Lipinski definition) is 1. The molecule has 1 N–H and O–H groups in total. The van der Waals surface area contributed by atoms with Gasteiger partial charge < -0.3 is 5.32 Å². The summed E-state index contributed by atoms with van der Waals surface area (Å²) in [6, 6.07) is 2.48. The van der Waals surface area contributed by atoms with E-state index in [9.17, 15) is 13.2 Å². The van der Waals surface area contributed by atoms with Crippen LogP contribution in [0.1, 0.15) is 16.7 Å². The molecule has 0 saturated heterocycles. The molecule has 2 rings (SSSR count). The molecule has 5 heteroatoms. The first kappa shape index (κ1) is 11.2. The molecule has 0 bridgehead atoms. The van der Waals surface area contributed by atoms with E-state index in [0.29, 0.717) is 6.54 Å². The first-order valence-electron chi connectivity index (χ1n) is 4.57. The Kier molecular flexibility index (Phi) is 2.94. The van der Waals surface area contributed by atoms with Gasteiger partial charge in [-0.05, 0) is 58.8 Å². The summed E-state index contributed by atoms with van der Waals surface area (Å²) < 4.78 is 38.3. The molecule has 82 valence electrons. The molecule has 1 heterocycles. The number of nitrogens with one attached hydrogen (secondary N) is 1. The minimum Gasteiger partial charge on any atom is -0.312 e. The third-order valence-electron chi connectivity index (χ3n) is 2.48. The standard InChI is InChI=1S/C10H9F3IN/c11-10(12,13)7-3-6-5-15-2-1-8(6)9(14)4-7/h3-4,15H,1-2,5H2. The maximum atomic E-state index is 12.5. The summed E-state index contributed by atoms with van der Waals surface area (Å²) in [6.07, 6.45) is -3.43. The SMILES string of the molecule is FC(F)(F)c1cc(I)c2c(c1)CNCC2. The molecule has 0 unspecified atom stereocenters. The van der Waals surface area contributed by atoms with Crippen molar-refractivity contribution in [3.63, 3.8) is 0 Å². The Morgan fingerprint density at radius 1 is 1.27 bits per heavy atom. The van der Waals surface area contributed by atoms with Gasteiger partial charge in [0.1, 0.15) is 0 Å². The van der Waals surface area contributed by atoms with Crippen LogP contribution in [0.3, 0.4) is 0 Å². The number of hydrogen-bond donors (Lipinski definition) is 1. The van der Waals surface area contributed by atoms with Crippen LogP contribution in [0.15, 0.2) is 12.1 Å². The Bertz CT molecular complexity index is 387. The van der Waals surface area contributed by atoms with Crippen LogP contribution in [0, 0.1) is 3.57 Å². The molecule has 1 aliphatic rings. The molecule has 0 fully saturated rings. The Balaban J connectivity index is 2.50. The highest BCUT2D eigenvalue weighted by atomic mass is 127. The number of halogens is 4. The van der Waals surface area contributed by atoms with Gasteiger partial charge in [0, 0.05) is 10.1 Å². The van der Waals surface area contributed by atoms with Gasteiger partial charge in [0.05, 0.1) is 5.56 Å². The summed E-state index contributed by atoms with van der Waals surface area (Å²) >= 11 is 1.98. The van der Waals surface area contributed by atoms with Crippen molar-refractivity contribution in [3.8, 4) is 0 Å².